The highest BCUT2D eigenvalue weighted by atomic mass is 32.2. The molecule has 0 aromatic heterocycles. The predicted molar refractivity (Wildman–Crippen MR) is 82.7 cm³/mol. The molecule has 1 saturated heterocycles. The van der Waals surface area contributed by atoms with Gasteiger partial charge in [0.25, 0.3) is 0 Å². The summed E-state index contributed by atoms with van der Waals surface area (Å²) in [5.74, 6) is -0.115. The van der Waals surface area contributed by atoms with Crippen LogP contribution in [0.4, 0.5) is 0 Å². The first-order valence-electron chi connectivity index (χ1n) is 7.10. The van der Waals surface area contributed by atoms with Crippen LogP contribution < -0.4 is 0 Å². The van der Waals surface area contributed by atoms with Crippen LogP contribution in [0.1, 0.15) is 12.0 Å². The van der Waals surface area contributed by atoms with Gasteiger partial charge >= 0.3 is 0 Å². The molecular weight excluding hydrogens is 304 g/mol. The highest BCUT2D eigenvalue weighted by Crippen LogP contribution is 2.16. The Morgan fingerprint density at radius 2 is 2.00 bits per heavy atom. The predicted octanol–water partition coefficient (Wildman–Crippen LogP) is 0.290. The molecule has 0 spiro atoms. The molecule has 0 saturated carbocycles. The van der Waals surface area contributed by atoms with E-state index in [1.165, 1.54) is 9.80 Å². The molecule has 1 atom stereocenters. The second-order valence-corrected chi connectivity index (χ2v) is 7.79. The van der Waals surface area contributed by atoms with Crippen molar-refractivity contribution in [2.45, 2.75) is 19.0 Å². The third-order valence-corrected chi connectivity index (χ3v) is 5.62. The van der Waals surface area contributed by atoms with Crippen molar-refractivity contribution in [3.8, 4) is 0 Å². The maximum absolute atomic E-state index is 12.2. The summed E-state index contributed by atoms with van der Waals surface area (Å²) in [5, 5.41) is 0. The number of hydrogen-bond acceptors (Lipinski definition) is 4. The molecule has 1 aromatic rings. The average Bonchev–Trinajstić information content (AvgIpc) is 2.86. The van der Waals surface area contributed by atoms with E-state index in [1.807, 2.05) is 30.3 Å². The lowest BCUT2D eigenvalue weighted by molar-refractivity contribution is -0.136. The molecule has 0 radical (unpaired) electrons. The Kier molecular flexibility index (Phi) is 5.18. The van der Waals surface area contributed by atoms with Gasteiger partial charge in [0.15, 0.2) is 9.84 Å². The summed E-state index contributed by atoms with van der Waals surface area (Å²) in [6, 6.07) is 9.10. The number of carbonyl (C=O) groups is 2. The lowest BCUT2D eigenvalue weighted by Crippen LogP contribution is -2.43. The maximum Gasteiger partial charge on any atom is 0.242 e. The van der Waals surface area contributed by atoms with E-state index in [1.54, 1.807) is 7.05 Å². The first-order chi connectivity index (χ1) is 10.4. The number of hydrogen-bond donors (Lipinski definition) is 0. The van der Waals surface area contributed by atoms with Crippen molar-refractivity contribution in [1.82, 2.24) is 9.80 Å². The number of likely N-dealkylation sites (N-methyl/N-ethyl adjacent to an activating group) is 1. The highest BCUT2D eigenvalue weighted by molar-refractivity contribution is 7.91. The van der Waals surface area contributed by atoms with Crippen LogP contribution >= 0.6 is 0 Å². The van der Waals surface area contributed by atoms with Crippen LogP contribution in [-0.2, 0) is 26.0 Å². The highest BCUT2D eigenvalue weighted by Gasteiger charge is 2.32. The van der Waals surface area contributed by atoms with Gasteiger partial charge in [-0.2, -0.15) is 0 Å². The van der Waals surface area contributed by atoms with Gasteiger partial charge in [-0.05, 0) is 12.0 Å². The van der Waals surface area contributed by atoms with Gasteiger partial charge in [0.1, 0.15) is 0 Å². The molecule has 0 aliphatic carbocycles. The van der Waals surface area contributed by atoms with Crippen molar-refractivity contribution in [1.29, 1.82) is 0 Å². The summed E-state index contributed by atoms with van der Waals surface area (Å²) >= 11 is 0. The summed E-state index contributed by atoms with van der Waals surface area (Å²) in [5.41, 5.74) is 0.938. The smallest absolute Gasteiger partial charge is 0.242 e. The van der Waals surface area contributed by atoms with E-state index in [9.17, 15) is 18.0 Å². The van der Waals surface area contributed by atoms with Gasteiger partial charge in [0, 0.05) is 19.6 Å². The standard InChI is InChI=1S/C15H20N2O4S/c1-16(14-7-8-22(20,21)11-14)15(19)10-17(12-18)9-13-5-3-2-4-6-13/h2-6,12,14H,7-11H2,1H3. The molecule has 2 amide bonds. The third kappa shape index (κ3) is 4.30. The lowest BCUT2D eigenvalue weighted by atomic mass is 10.2. The van der Waals surface area contributed by atoms with E-state index >= 15 is 0 Å². The SMILES string of the molecule is CN(C(=O)CN(C=O)Cc1ccccc1)C1CCS(=O)(=O)C1. The van der Waals surface area contributed by atoms with Gasteiger partial charge in [-0.3, -0.25) is 9.59 Å². The van der Waals surface area contributed by atoms with Gasteiger partial charge in [0.05, 0.1) is 18.1 Å². The Morgan fingerprint density at radius 3 is 2.55 bits per heavy atom. The zero-order chi connectivity index (χ0) is 16.2. The van der Waals surface area contributed by atoms with E-state index in [4.69, 9.17) is 0 Å². The normalized spacial score (nSPS) is 19.6. The number of amides is 2. The maximum atomic E-state index is 12.2. The van der Waals surface area contributed by atoms with E-state index in [-0.39, 0.29) is 30.0 Å². The van der Waals surface area contributed by atoms with Crippen LogP contribution in [0.15, 0.2) is 30.3 Å². The topological polar surface area (TPSA) is 74.8 Å². The molecule has 1 heterocycles. The summed E-state index contributed by atoms with van der Waals surface area (Å²) < 4.78 is 23.0. The van der Waals surface area contributed by atoms with E-state index in [2.05, 4.69) is 0 Å². The fourth-order valence-corrected chi connectivity index (χ4v) is 4.29. The van der Waals surface area contributed by atoms with Crippen molar-refractivity contribution >= 4 is 22.2 Å². The van der Waals surface area contributed by atoms with Gasteiger partial charge in [0.2, 0.25) is 12.3 Å². The third-order valence-electron chi connectivity index (χ3n) is 3.87. The van der Waals surface area contributed by atoms with Gasteiger partial charge < -0.3 is 9.80 Å². The Morgan fingerprint density at radius 1 is 1.32 bits per heavy atom. The second kappa shape index (κ2) is 6.91. The zero-order valence-electron chi connectivity index (χ0n) is 12.5. The van der Waals surface area contributed by atoms with Gasteiger partial charge in [-0.15, -0.1) is 0 Å². The van der Waals surface area contributed by atoms with Crippen LogP contribution in [0, 0.1) is 0 Å². The molecular formula is C15H20N2O4S. The molecule has 120 valence electrons. The van der Waals surface area contributed by atoms with Gasteiger partial charge in [-0.1, -0.05) is 30.3 Å². The largest absolute Gasteiger partial charge is 0.340 e. The molecule has 1 unspecified atom stereocenters. The minimum atomic E-state index is -3.03. The molecule has 1 aliphatic rings. The summed E-state index contributed by atoms with van der Waals surface area (Å²) in [6.45, 7) is 0.304. The van der Waals surface area contributed by atoms with Crippen molar-refractivity contribution in [2.75, 3.05) is 25.1 Å². The van der Waals surface area contributed by atoms with Crippen LogP contribution in [0.25, 0.3) is 0 Å². The van der Waals surface area contributed by atoms with E-state index < -0.39 is 9.84 Å². The summed E-state index contributed by atoms with van der Waals surface area (Å²) in [6.07, 6.45) is 1.11. The van der Waals surface area contributed by atoms with Crippen LogP contribution in [-0.4, -0.2) is 61.7 Å². The first kappa shape index (κ1) is 16.5. The molecule has 6 nitrogen and oxygen atoms in total. The van der Waals surface area contributed by atoms with Crippen molar-refractivity contribution < 1.29 is 18.0 Å². The van der Waals surface area contributed by atoms with Crippen molar-refractivity contribution in [3.63, 3.8) is 0 Å². The summed E-state index contributed by atoms with van der Waals surface area (Å²) in [4.78, 5) is 26.2. The monoisotopic (exact) mass is 324 g/mol. The first-order valence-corrected chi connectivity index (χ1v) is 8.93. The van der Waals surface area contributed by atoms with Gasteiger partial charge in [-0.25, -0.2) is 8.42 Å². The van der Waals surface area contributed by atoms with Crippen LogP contribution in [0.5, 0.6) is 0 Å². The Bertz CT molecular complexity index is 630. The van der Waals surface area contributed by atoms with Crippen molar-refractivity contribution in [3.05, 3.63) is 35.9 Å². The molecule has 7 heteroatoms. The van der Waals surface area contributed by atoms with E-state index in [0.717, 1.165) is 5.56 Å². The molecule has 2 rings (SSSR count). The Hall–Kier alpha value is -1.89. The van der Waals surface area contributed by atoms with Crippen molar-refractivity contribution in [2.24, 2.45) is 0 Å². The molecule has 0 bridgehead atoms. The van der Waals surface area contributed by atoms with E-state index in [0.29, 0.717) is 19.4 Å². The Labute approximate surface area is 130 Å². The minimum Gasteiger partial charge on any atom is -0.340 e. The van der Waals surface area contributed by atoms with Crippen LogP contribution in [0.3, 0.4) is 0 Å². The number of sulfone groups is 1. The Balaban J connectivity index is 1.93. The second-order valence-electron chi connectivity index (χ2n) is 5.56. The van der Waals surface area contributed by atoms with Crippen LogP contribution in [0.2, 0.25) is 0 Å². The zero-order valence-corrected chi connectivity index (χ0v) is 13.3. The molecule has 1 aliphatic heterocycles. The number of rotatable bonds is 6. The fourth-order valence-electron chi connectivity index (χ4n) is 2.52. The summed E-state index contributed by atoms with van der Waals surface area (Å²) in [7, 11) is -1.44. The average molecular weight is 324 g/mol. The molecule has 0 N–H and O–H groups in total. The number of benzene rings is 1. The molecule has 1 fully saturated rings. The lowest BCUT2D eigenvalue weighted by Gasteiger charge is -2.26. The molecule has 22 heavy (non-hydrogen) atoms. The quantitative estimate of drug-likeness (QED) is 0.705. The number of nitrogens with zero attached hydrogens (tertiary/aromatic N) is 2. The number of carbonyl (C=O) groups excluding carboxylic acids is 2. The molecule has 1 aromatic carbocycles. The fraction of sp³-hybridized carbons (Fsp3) is 0.467. The minimum absolute atomic E-state index is 0.00894.